The summed E-state index contributed by atoms with van der Waals surface area (Å²) in [5.74, 6) is 1.36. The fourth-order valence-electron chi connectivity index (χ4n) is 12.3. The Hall–Kier alpha value is -3.52. The van der Waals surface area contributed by atoms with Gasteiger partial charge in [0, 0.05) is 0 Å². The van der Waals surface area contributed by atoms with Gasteiger partial charge in [0.15, 0.2) is 0 Å². The molecule has 6 aromatic rings. The molecule has 1 heterocycles. The van der Waals surface area contributed by atoms with Gasteiger partial charge in [-0.05, 0) is 0 Å². The van der Waals surface area contributed by atoms with Gasteiger partial charge in [-0.2, -0.15) is 0 Å². The van der Waals surface area contributed by atoms with Gasteiger partial charge in [-0.25, -0.2) is 0 Å². The standard InChI is InChI=1S/2C24H29.C12H9Si.2ClH.Zr/c2*1-6-17(5)20-14-19-13-12-18(7-2)24(23(19)15-20)22-11-9-8-10-21(22)16(3)4;1-3-7-11-9(5-1)10-6-2-4-8-12(10)13-11;;;/h2*8-17H,6-7H2,1-5H3;1-7H,13H2;2*1H;/q;;;;;+2/p-2. The zero-order valence-electron chi connectivity index (χ0n) is 39.9. The minimum absolute atomic E-state index is 0.115. The second-order valence-corrected chi connectivity index (χ2v) is 42.4. The van der Waals surface area contributed by atoms with Crippen molar-refractivity contribution >= 4 is 52.3 Å². The molecule has 0 amide bonds. The predicted molar refractivity (Wildman–Crippen MR) is 282 cm³/mol. The Labute approximate surface area is 395 Å². The number of allylic oxidation sites excluding steroid dienone is 2. The number of hydrogen-bond donors (Lipinski definition) is 0. The Kier molecular flexibility index (Phi) is 12.6. The topological polar surface area (TPSA) is 0 Å². The van der Waals surface area contributed by atoms with Crippen LogP contribution in [0.1, 0.15) is 146 Å². The molecule has 0 N–H and O–H groups in total. The van der Waals surface area contributed by atoms with Crippen molar-refractivity contribution in [1.29, 1.82) is 0 Å². The number of hydrogen-bond acceptors (Lipinski definition) is 0. The molecular weight excluding hydrogens is 911 g/mol. The van der Waals surface area contributed by atoms with E-state index in [1.54, 1.807) is 0 Å². The molecule has 4 atom stereocenters. The Balaban J connectivity index is 1.43. The Morgan fingerprint density at radius 2 is 0.938 bits per heavy atom. The number of benzene rings is 6. The second kappa shape index (κ2) is 17.6. The van der Waals surface area contributed by atoms with Crippen LogP contribution in [-0.4, -0.2) is 9.52 Å². The van der Waals surface area contributed by atoms with Crippen LogP contribution in [0.3, 0.4) is 0 Å². The molecule has 0 bridgehead atoms. The third-order valence-corrected chi connectivity index (χ3v) is 38.5. The van der Waals surface area contributed by atoms with E-state index in [0.717, 1.165) is 25.7 Å². The molecule has 2 aliphatic carbocycles. The van der Waals surface area contributed by atoms with Gasteiger partial charge in [0.05, 0.1) is 0 Å². The Morgan fingerprint density at radius 3 is 1.39 bits per heavy atom. The Morgan fingerprint density at radius 1 is 0.500 bits per heavy atom. The molecule has 4 unspecified atom stereocenters. The van der Waals surface area contributed by atoms with Crippen molar-refractivity contribution in [2.75, 3.05) is 0 Å². The molecule has 4 heteroatoms. The van der Waals surface area contributed by atoms with Crippen molar-refractivity contribution in [2.24, 2.45) is 11.8 Å². The summed E-state index contributed by atoms with van der Waals surface area (Å²) >= 11 is -5.80. The van der Waals surface area contributed by atoms with Gasteiger partial charge in [0.1, 0.15) is 0 Å². The molecule has 329 valence electrons. The molecule has 3 aliphatic rings. The van der Waals surface area contributed by atoms with E-state index in [1.165, 1.54) is 103 Å². The molecule has 6 aromatic carbocycles. The molecule has 0 saturated heterocycles. The second-order valence-electron chi connectivity index (χ2n) is 20.0. The number of aryl methyl sites for hydroxylation is 2. The normalized spacial score (nSPS) is 18.3. The molecule has 0 saturated carbocycles. The van der Waals surface area contributed by atoms with E-state index in [9.17, 15) is 17.0 Å². The van der Waals surface area contributed by atoms with Crippen molar-refractivity contribution in [3.63, 3.8) is 0 Å². The van der Waals surface area contributed by atoms with E-state index >= 15 is 0 Å². The maximum absolute atomic E-state index is 9.63. The molecule has 64 heavy (non-hydrogen) atoms. The van der Waals surface area contributed by atoms with Crippen LogP contribution < -0.4 is 13.6 Å². The van der Waals surface area contributed by atoms with Crippen LogP contribution in [0.4, 0.5) is 0 Å². The first-order chi connectivity index (χ1) is 30.8. The van der Waals surface area contributed by atoms with E-state index < -0.39 is 25.9 Å². The van der Waals surface area contributed by atoms with Crippen LogP contribution in [0.15, 0.2) is 126 Å². The predicted octanol–water partition coefficient (Wildman–Crippen LogP) is 15.5. The van der Waals surface area contributed by atoms with E-state index in [0.29, 0.717) is 23.7 Å². The van der Waals surface area contributed by atoms with E-state index in [1.807, 2.05) is 0 Å². The van der Waals surface area contributed by atoms with Crippen molar-refractivity contribution in [3.8, 4) is 33.4 Å². The summed E-state index contributed by atoms with van der Waals surface area (Å²) in [6, 6.07) is 44.4. The molecule has 0 fully saturated rings. The summed E-state index contributed by atoms with van der Waals surface area (Å²) < 4.78 is 1.09. The van der Waals surface area contributed by atoms with Crippen LogP contribution >= 0.6 is 17.0 Å². The van der Waals surface area contributed by atoms with E-state index in [-0.39, 0.29) is 7.25 Å². The van der Waals surface area contributed by atoms with Crippen LogP contribution in [0.5, 0.6) is 0 Å². The van der Waals surface area contributed by atoms with E-state index in [2.05, 4.69) is 197 Å². The van der Waals surface area contributed by atoms with Crippen LogP contribution in [0.2, 0.25) is 0 Å². The monoisotopic (exact) mass is 975 g/mol. The fourth-order valence-corrected chi connectivity index (χ4v) is 40.3. The van der Waals surface area contributed by atoms with Gasteiger partial charge in [-0.15, -0.1) is 0 Å². The molecule has 1 aliphatic heterocycles. The third-order valence-electron chi connectivity index (χ3n) is 15.9. The van der Waals surface area contributed by atoms with Crippen molar-refractivity contribution in [2.45, 2.75) is 114 Å². The molecule has 0 aromatic heterocycles. The van der Waals surface area contributed by atoms with Gasteiger partial charge < -0.3 is 0 Å². The van der Waals surface area contributed by atoms with Gasteiger partial charge in [-0.3, -0.25) is 0 Å². The molecule has 0 radical (unpaired) electrons. The average Bonchev–Trinajstić information content (AvgIpc) is 4.03. The average molecular weight is 978 g/mol. The molecule has 0 spiro atoms. The molecule has 0 nitrogen and oxygen atoms in total. The van der Waals surface area contributed by atoms with Crippen molar-refractivity contribution in [3.05, 3.63) is 171 Å². The van der Waals surface area contributed by atoms with Gasteiger partial charge in [0.2, 0.25) is 0 Å². The number of halogens is 2. The zero-order valence-corrected chi connectivity index (χ0v) is 45.3. The third kappa shape index (κ3) is 7.06. The van der Waals surface area contributed by atoms with Gasteiger partial charge in [0.25, 0.3) is 0 Å². The Bertz CT molecular complexity index is 2710. The fraction of sp³-hybridized carbons (Fsp3) is 0.333. The molecular formula is C60H67Cl2SiZr. The van der Waals surface area contributed by atoms with Crippen molar-refractivity contribution in [1.82, 2.24) is 0 Å². The summed E-state index contributed by atoms with van der Waals surface area (Å²) in [7, 11) is 18.4. The van der Waals surface area contributed by atoms with Gasteiger partial charge >= 0.3 is 399 Å². The van der Waals surface area contributed by atoms with E-state index in [4.69, 9.17) is 0 Å². The molecule has 9 rings (SSSR count). The van der Waals surface area contributed by atoms with Crippen LogP contribution in [0, 0.1) is 11.8 Å². The number of rotatable bonds is 13. The SMILES string of the molecule is CCc1ccc2c(c1-c1ccccc1C(C)C)C=C(C(C)CC)[CH]2[Zr]([Cl])([Cl])([c]1cccc2c1[SiH2]c1ccccc1-2)[CH]1C(C(C)CC)=Cc2c1ccc(CC)c2-c1ccccc1C(C)C. The summed E-state index contributed by atoms with van der Waals surface area (Å²) in [5, 5.41) is 2.99. The number of fused-ring (bicyclic) bond motifs is 5. The first kappa shape index (κ1) is 45.6. The quantitative estimate of drug-likeness (QED) is 0.101. The summed E-state index contributed by atoms with van der Waals surface area (Å²) in [6.45, 7) is 23.6. The first-order valence-corrected chi connectivity index (χ1v) is 36.3. The minimum atomic E-state index is -5.80. The zero-order chi connectivity index (χ0) is 45.3. The van der Waals surface area contributed by atoms with Gasteiger partial charge in [-0.1, -0.05) is 0 Å². The van der Waals surface area contributed by atoms with Crippen LogP contribution in [0.25, 0.3) is 45.5 Å². The maximum atomic E-state index is 9.63. The van der Waals surface area contributed by atoms with Crippen molar-refractivity contribution < 1.29 is 16.4 Å². The summed E-state index contributed by atoms with van der Waals surface area (Å²) in [4.78, 5) is 0. The van der Waals surface area contributed by atoms with Crippen LogP contribution in [-0.2, 0) is 29.2 Å². The summed E-state index contributed by atoms with van der Waals surface area (Å²) in [6.07, 6.45) is 9.17. The summed E-state index contributed by atoms with van der Waals surface area (Å²) in [5.41, 5.74) is 22.0. The first-order valence-electron chi connectivity index (χ1n) is 24.5.